The average molecular weight is 414 g/mol. The van der Waals surface area contributed by atoms with Crippen molar-refractivity contribution in [3.63, 3.8) is 0 Å². The molecule has 0 heterocycles. The third-order valence-electron chi connectivity index (χ3n) is 4.54. The molecule has 0 radical (unpaired) electrons. The van der Waals surface area contributed by atoms with Crippen molar-refractivity contribution in [2.45, 2.75) is 31.1 Å². The van der Waals surface area contributed by atoms with Crippen LogP contribution in [0, 0.1) is 0 Å². The van der Waals surface area contributed by atoms with Gasteiger partial charge in [-0.2, -0.15) is 12.6 Å². The van der Waals surface area contributed by atoms with Gasteiger partial charge >= 0.3 is 0 Å². The van der Waals surface area contributed by atoms with Crippen LogP contribution in [0.2, 0.25) is 0 Å². The molecule has 6 nitrogen and oxygen atoms in total. The van der Waals surface area contributed by atoms with Crippen LogP contribution in [-0.2, 0) is 27.2 Å². The summed E-state index contributed by atoms with van der Waals surface area (Å²) in [6, 6.07) is 18.1. The first-order valence-corrected chi connectivity index (χ1v) is 10.0. The molecule has 0 aliphatic carbocycles. The second-order valence-electron chi connectivity index (χ2n) is 6.82. The highest BCUT2D eigenvalue weighted by atomic mass is 32.1. The quantitative estimate of drug-likeness (QED) is 0.408. The standard InChI is InChI=1S/C22H27N3O3S/c1-16(29)21(27)24-19(20(23)26)22(28)25(14-12-17-8-4-2-5-9-17)15-13-18-10-6-3-7-11-18/h2-11,16,19,29H,12-15H2,1H3,(H2,23,26)(H,24,27). The number of primary amides is 1. The largest absolute Gasteiger partial charge is 0.367 e. The summed E-state index contributed by atoms with van der Waals surface area (Å²) in [6.07, 6.45) is 1.26. The van der Waals surface area contributed by atoms with Gasteiger partial charge in [-0.25, -0.2) is 0 Å². The van der Waals surface area contributed by atoms with E-state index in [4.69, 9.17) is 5.73 Å². The van der Waals surface area contributed by atoms with E-state index in [9.17, 15) is 14.4 Å². The van der Waals surface area contributed by atoms with Crippen LogP contribution in [0.1, 0.15) is 18.1 Å². The Morgan fingerprint density at radius 3 is 1.76 bits per heavy atom. The summed E-state index contributed by atoms with van der Waals surface area (Å²) in [7, 11) is 0. The molecule has 154 valence electrons. The van der Waals surface area contributed by atoms with Crippen molar-refractivity contribution >= 4 is 30.4 Å². The van der Waals surface area contributed by atoms with Crippen LogP contribution < -0.4 is 11.1 Å². The molecule has 0 bridgehead atoms. The zero-order valence-electron chi connectivity index (χ0n) is 16.5. The maximum atomic E-state index is 13.1. The number of thiol groups is 1. The van der Waals surface area contributed by atoms with Crippen molar-refractivity contribution in [3.8, 4) is 0 Å². The van der Waals surface area contributed by atoms with Crippen molar-refractivity contribution in [2.24, 2.45) is 5.73 Å². The lowest BCUT2D eigenvalue weighted by molar-refractivity contribution is -0.141. The highest BCUT2D eigenvalue weighted by Crippen LogP contribution is 2.07. The van der Waals surface area contributed by atoms with E-state index < -0.39 is 29.0 Å². The Hall–Kier alpha value is -2.80. The molecule has 0 aliphatic heterocycles. The lowest BCUT2D eigenvalue weighted by Crippen LogP contribution is -2.56. The molecule has 0 aliphatic rings. The van der Waals surface area contributed by atoms with Gasteiger partial charge in [0.2, 0.25) is 11.8 Å². The van der Waals surface area contributed by atoms with Gasteiger partial charge < -0.3 is 16.0 Å². The van der Waals surface area contributed by atoms with E-state index in [0.29, 0.717) is 25.9 Å². The second-order valence-corrected chi connectivity index (χ2v) is 7.59. The summed E-state index contributed by atoms with van der Waals surface area (Å²) in [6.45, 7) is 2.38. The second kappa shape index (κ2) is 11.3. The Morgan fingerprint density at radius 1 is 0.931 bits per heavy atom. The lowest BCUT2D eigenvalue weighted by Gasteiger charge is -2.27. The van der Waals surface area contributed by atoms with E-state index in [1.807, 2.05) is 60.7 Å². The zero-order valence-corrected chi connectivity index (χ0v) is 17.3. The summed E-state index contributed by atoms with van der Waals surface area (Å²) in [4.78, 5) is 38.5. The molecule has 7 heteroatoms. The number of benzene rings is 2. The molecular formula is C22H27N3O3S. The van der Waals surface area contributed by atoms with Gasteiger partial charge in [0.15, 0.2) is 6.04 Å². The smallest absolute Gasteiger partial charge is 0.254 e. The van der Waals surface area contributed by atoms with Gasteiger partial charge in [-0.3, -0.25) is 14.4 Å². The third kappa shape index (κ3) is 7.27. The first-order valence-electron chi connectivity index (χ1n) is 9.53. The highest BCUT2D eigenvalue weighted by molar-refractivity contribution is 7.81. The van der Waals surface area contributed by atoms with Crippen LogP contribution >= 0.6 is 12.6 Å². The van der Waals surface area contributed by atoms with Gasteiger partial charge in [-0.15, -0.1) is 0 Å². The minimum absolute atomic E-state index is 0.408. The molecule has 29 heavy (non-hydrogen) atoms. The van der Waals surface area contributed by atoms with Gasteiger partial charge in [-0.05, 0) is 30.9 Å². The fourth-order valence-electron chi connectivity index (χ4n) is 2.85. The fourth-order valence-corrected chi connectivity index (χ4v) is 2.92. The van der Waals surface area contributed by atoms with Crippen molar-refractivity contribution in [1.29, 1.82) is 0 Å². The van der Waals surface area contributed by atoms with E-state index >= 15 is 0 Å². The van der Waals surface area contributed by atoms with Gasteiger partial charge in [0.05, 0.1) is 5.25 Å². The minimum Gasteiger partial charge on any atom is -0.367 e. The van der Waals surface area contributed by atoms with Crippen LogP contribution in [-0.4, -0.2) is 47.0 Å². The minimum atomic E-state index is -1.41. The molecule has 2 atom stereocenters. The van der Waals surface area contributed by atoms with Gasteiger partial charge in [0.1, 0.15) is 0 Å². The molecular weight excluding hydrogens is 386 g/mol. The van der Waals surface area contributed by atoms with E-state index in [2.05, 4.69) is 17.9 Å². The SMILES string of the molecule is CC(S)C(=O)NC(C(N)=O)C(=O)N(CCc1ccccc1)CCc1ccccc1. The first-order chi connectivity index (χ1) is 13.9. The average Bonchev–Trinajstić information content (AvgIpc) is 2.72. The van der Waals surface area contributed by atoms with Crippen molar-refractivity contribution in [1.82, 2.24) is 10.2 Å². The van der Waals surface area contributed by atoms with Crippen molar-refractivity contribution < 1.29 is 14.4 Å². The summed E-state index contributed by atoms with van der Waals surface area (Å²) >= 11 is 4.05. The number of nitrogens with one attached hydrogen (secondary N) is 1. The normalized spacial score (nSPS) is 12.6. The Balaban J connectivity index is 2.14. The summed E-state index contributed by atoms with van der Waals surface area (Å²) < 4.78 is 0. The molecule has 2 unspecified atom stereocenters. The number of nitrogens with two attached hydrogens (primary N) is 1. The number of amides is 3. The van der Waals surface area contributed by atoms with Crippen LogP contribution in [0.4, 0.5) is 0 Å². The van der Waals surface area contributed by atoms with Crippen molar-refractivity contribution in [2.75, 3.05) is 13.1 Å². The van der Waals surface area contributed by atoms with E-state index in [1.54, 1.807) is 11.8 Å². The number of hydrogen-bond donors (Lipinski definition) is 3. The predicted molar refractivity (Wildman–Crippen MR) is 116 cm³/mol. The van der Waals surface area contributed by atoms with Crippen LogP contribution in [0.25, 0.3) is 0 Å². The molecule has 2 aromatic carbocycles. The Bertz CT molecular complexity index is 769. The fraction of sp³-hybridized carbons (Fsp3) is 0.318. The number of rotatable bonds is 10. The maximum absolute atomic E-state index is 13.1. The number of carbonyl (C=O) groups excluding carboxylic acids is 3. The molecule has 0 spiro atoms. The molecule has 0 saturated heterocycles. The molecule has 2 aromatic rings. The zero-order chi connectivity index (χ0) is 21.2. The number of nitrogens with zero attached hydrogens (tertiary/aromatic N) is 1. The number of carbonyl (C=O) groups is 3. The molecule has 0 aromatic heterocycles. The number of hydrogen-bond acceptors (Lipinski definition) is 4. The van der Waals surface area contributed by atoms with E-state index in [1.165, 1.54) is 0 Å². The van der Waals surface area contributed by atoms with Crippen molar-refractivity contribution in [3.05, 3.63) is 71.8 Å². The van der Waals surface area contributed by atoms with Gasteiger partial charge in [-0.1, -0.05) is 60.7 Å². The monoisotopic (exact) mass is 413 g/mol. The van der Waals surface area contributed by atoms with E-state index in [-0.39, 0.29) is 0 Å². The summed E-state index contributed by atoms with van der Waals surface area (Å²) in [5.74, 6) is -1.91. The molecule has 3 amide bonds. The Kier molecular flexibility index (Phi) is 8.73. The maximum Gasteiger partial charge on any atom is 0.254 e. The summed E-state index contributed by atoms with van der Waals surface area (Å²) in [5.41, 5.74) is 7.57. The first kappa shape index (κ1) is 22.5. The molecule has 0 saturated carbocycles. The van der Waals surface area contributed by atoms with E-state index in [0.717, 1.165) is 11.1 Å². The van der Waals surface area contributed by atoms with Gasteiger partial charge in [0, 0.05) is 13.1 Å². The van der Waals surface area contributed by atoms with Gasteiger partial charge in [0.25, 0.3) is 5.91 Å². The Morgan fingerprint density at radius 2 is 1.38 bits per heavy atom. The lowest BCUT2D eigenvalue weighted by atomic mass is 10.1. The third-order valence-corrected chi connectivity index (χ3v) is 4.77. The topological polar surface area (TPSA) is 92.5 Å². The summed E-state index contributed by atoms with van der Waals surface area (Å²) in [5, 5.41) is 1.75. The predicted octanol–water partition coefficient (Wildman–Crippen LogP) is 1.59. The highest BCUT2D eigenvalue weighted by Gasteiger charge is 2.31. The van der Waals surface area contributed by atoms with Crippen LogP contribution in [0.5, 0.6) is 0 Å². The molecule has 3 N–H and O–H groups in total. The molecule has 2 rings (SSSR count). The molecule has 0 fully saturated rings. The van der Waals surface area contributed by atoms with Crippen LogP contribution in [0.3, 0.4) is 0 Å². The van der Waals surface area contributed by atoms with Crippen LogP contribution in [0.15, 0.2) is 60.7 Å². The Labute approximate surface area is 176 Å².